The monoisotopic (exact) mass is 403 g/mol. The Morgan fingerprint density at radius 1 is 1.18 bits per heavy atom. The summed E-state index contributed by atoms with van der Waals surface area (Å²) < 4.78 is 32.5. The Hall–Kier alpha value is -2.91. The van der Waals surface area contributed by atoms with Crippen LogP contribution in [0.25, 0.3) is 0 Å². The van der Waals surface area contributed by atoms with Crippen LogP contribution in [0.15, 0.2) is 47.4 Å². The van der Waals surface area contributed by atoms with Crippen LogP contribution < -0.4 is 20.1 Å². The zero-order valence-electron chi connectivity index (χ0n) is 15.3. The Labute approximate surface area is 163 Å². The molecular formula is C19H21N3O5S. The van der Waals surface area contributed by atoms with Gasteiger partial charge in [-0.1, -0.05) is 12.1 Å². The van der Waals surface area contributed by atoms with Crippen LogP contribution in [0.4, 0.5) is 11.4 Å². The van der Waals surface area contributed by atoms with Crippen LogP contribution in [-0.4, -0.2) is 33.9 Å². The molecule has 9 heteroatoms. The van der Waals surface area contributed by atoms with Crippen LogP contribution in [0, 0.1) is 0 Å². The largest absolute Gasteiger partial charge is 0.495 e. The number of fused-ring (bicyclic) bond motifs is 1. The number of sulfonamides is 1. The van der Waals surface area contributed by atoms with Crippen molar-refractivity contribution in [1.29, 1.82) is 0 Å². The molecule has 1 heterocycles. The normalized spacial score (nSPS) is 13.4. The average molecular weight is 403 g/mol. The van der Waals surface area contributed by atoms with Crippen LogP contribution >= 0.6 is 0 Å². The van der Waals surface area contributed by atoms with Gasteiger partial charge in [0.2, 0.25) is 21.8 Å². The summed E-state index contributed by atoms with van der Waals surface area (Å²) in [7, 11) is -2.25. The Balaban J connectivity index is 1.58. The van der Waals surface area contributed by atoms with E-state index in [0.717, 1.165) is 5.56 Å². The van der Waals surface area contributed by atoms with Crippen LogP contribution in [0.1, 0.15) is 18.4 Å². The zero-order valence-corrected chi connectivity index (χ0v) is 16.1. The van der Waals surface area contributed by atoms with Gasteiger partial charge in [-0.05, 0) is 42.3 Å². The first kappa shape index (κ1) is 19.8. The second-order valence-electron chi connectivity index (χ2n) is 6.26. The number of benzene rings is 2. The number of hydrogen-bond acceptors (Lipinski definition) is 5. The van der Waals surface area contributed by atoms with Gasteiger partial charge >= 0.3 is 0 Å². The molecule has 0 saturated heterocycles. The van der Waals surface area contributed by atoms with E-state index in [-0.39, 0.29) is 29.7 Å². The molecule has 0 aromatic heterocycles. The first-order valence-corrected chi connectivity index (χ1v) is 10.2. The van der Waals surface area contributed by atoms with Crippen LogP contribution in [0.2, 0.25) is 0 Å². The number of carbonyl (C=O) groups is 2. The van der Waals surface area contributed by atoms with Crippen molar-refractivity contribution < 1.29 is 22.7 Å². The SMILES string of the molecule is COc1ccccc1NC(=O)CCNS(=O)(=O)c1ccc2c(c1)CCC(=O)N2. The van der Waals surface area contributed by atoms with Crippen molar-refractivity contribution in [2.45, 2.75) is 24.2 Å². The molecule has 2 aromatic carbocycles. The summed E-state index contributed by atoms with van der Waals surface area (Å²) in [4.78, 5) is 23.6. The number of amides is 2. The molecule has 1 aliphatic heterocycles. The number of aryl methyl sites for hydroxylation is 1. The summed E-state index contributed by atoms with van der Waals surface area (Å²) in [6, 6.07) is 11.5. The number of nitrogens with one attached hydrogen (secondary N) is 3. The van der Waals surface area contributed by atoms with Gasteiger partial charge in [0.05, 0.1) is 17.7 Å². The van der Waals surface area contributed by atoms with E-state index in [1.807, 2.05) is 0 Å². The van der Waals surface area contributed by atoms with E-state index in [4.69, 9.17) is 4.74 Å². The highest BCUT2D eigenvalue weighted by Gasteiger charge is 2.20. The van der Waals surface area contributed by atoms with Gasteiger partial charge in [-0.3, -0.25) is 9.59 Å². The van der Waals surface area contributed by atoms with Crippen molar-refractivity contribution in [2.24, 2.45) is 0 Å². The zero-order chi connectivity index (χ0) is 20.1. The van der Waals surface area contributed by atoms with Crippen molar-refractivity contribution in [3.8, 4) is 5.75 Å². The third-order valence-corrected chi connectivity index (χ3v) is 5.77. The number of methoxy groups -OCH3 is 1. The number of anilines is 2. The molecule has 0 fully saturated rings. The van der Waals surface area contributed by atoms with E-state index in [0.29, 0.717) is 30.0 Å². The van der Waals surface area contributed by atoms with Crippen molar-refractivity contribution >= 4 is 33.2 Å². The molecule has 3 rings (SSSR count). The van der Waals surface area contributed by atoms with Gasteiger partial charge in [-0.25, -0.2) is 13.1 Å². The van der Waals surface area contributed by atoms with E-state index in [1.165, 1.54) is 13.2 Å². The summed E-state index contributed by atoms with van der Waals surface area (Å²) in [6.45, 7) is -0.0445. The highest BCUT2D eigenvalue weighted by molar-refractivity contribution is 7.89. The lowest BCUT2D eigenvalue weighted by Crippen LogP contribution is -2.28. The van der Waals surface area contributed by atoms with E-state index < -0.39 is 10.0 Å². The molecule has 0 atom stereocenters. The molecule has 0 radical (unpaired) electrons. The molecule has 2 aromatic rings. The van der Waals surface area contributed by atoms with Gasteiger partial charge in [0, 0.05) is 25.1 Å². The molecule has 0 saturated carbocycles. The van der Waals surface area contributed by atoms with Gasteiger partial charge < -0.3 is 15.4 Å². The van der Waals surface area contributed by atoms with Gasteiger partial charge in [0.25, 0.3) is 0 Å². The third kappa shape index (κ3) is 4.68. The number of hydrogen-bond donors (Lipinski definition) is 3. The molecule has 8 nitrogen and oxygen atoms in total. The lowest BCUT2D eigenvalue weighted by molar-refractivity contribution is -0.117. The van der Waals surface area contributed by atoms with Gasteiger partial charge in [0.1, 0.15) is 5.75 Å². The highest BCUT2D eigenvalue weighted by Crippen LogP contribution is 2.25. The van der Waals surface area contributed by atoms with Crippen LogP contribution in [0.5, 0.6) is 5.75 Å². The lowest BCUT2D eigenvalue weighted by Gasteiger charge is -2.17. The number of carbonyl (C=O) groups excluding carboxylic acids is 2. The van der Waals surface area contributed by atoms with Crippen molar-refractivity contribution in [2.75, 3.05) is 24.3 Å². The van der Waals surface area contributed by atoms with Gasteiger partial charge in [-0.2, -0.15) is 0 Å². The minimum Gasteiger partial charge on any atom is -0.495 e. The topological polar surface area (TPSA) is 114 Å². The van der Waals surface area contributed by atoms with Crippen molar-refractivity contribution in [3.63, 3.8) is 0 Å². The minimum absolute atomic E-state index is 0.0295. The Morgan fingerprint density at radius 3 is 2.75 bits per heavy atom. The summed E-state index contributed by atoms with van der Waals surface area (Å²) in [5.41, 5.74) is 1.93. The standard InChI is InChI=1S/C19H21N3O5S/c1-27-17-5-3-2-4-16(17)22-19(24)10-11-20-28(25,26)14-7-8-15-13(12-14)6-9-18(23)21-15/h2-5,7-8,12,20H,6,9-11H2,1H3,(H,21,23)(H,22,24). The summed E-state index contributed by atoms with van der Waals surface area (Å²) in [5.74, 6) is 0.111. The summed E-state index contributed by atoms with van der Waals surface area (Å²) in [5, 5.41) is 5.41. The summed E-state index contributed by atoms with van der Waals surface area (Å²) >= 11 is 0. The fourth-order valence-electron chi connectivity index (χ4n) is 2.87. The first-order chi connectivity index (χ1) is 13.4. The predicted octanol–water partition coefficient (Wildman–Crippen LogP) is 1.89. The summed E-state index contributed by atoms with van der Waals surface area (Å²) in [6.07, 6.45) is 0.789. The third-order valence-electron chi connectivity index (χ3n) is 4.31. The maximum absolute atomic E-state index is 12.5. The number of para-hydroxylation sites is 2. The molecule has 3 N–H and O–H groups in total. The van der Waals surface area contributed by atoms with Gasteiger partial charge in [-0.15, -0.1) is 0 Å². The molecule has 1 aliphatic rings. The molecule has 0 bridgehead atoms. The van der Waals surface area contributed by atoms with Crippen molar-refractivity contribution in [3.05, 3.63) is 48.0 Å². The molecule has 148 valence electrons. The first-order valence-electron chi connectivity index (χ1n) is 8.74. The van der Waals surface area contributed by atoms with Crippen LogP contribution in [0.3, 0.4) is 0 Å². The average Bonchev–Trinajstić information content (AvgIpc) is 2.67. The predicted molar refractivity (Wildman–Crippen MR) is 105 cm³/mol. The fraction of sp³-hybridized carbons (Fsp3) is 0.263. The lowest BCUT2D eigenvalue weighted by atomic mass is 10.0. The van der Waals surface area contributed by atoms with E-state index in [2.05, 4.69) is 15.4 Å². The Bertz CT molecular complexity index is 1000. The second-order valence-corrected chi connectivity index (χ2v) is 8.03. The second kappa shape index (κ2) is 8.41. The molecule has 0 unspecified atom stereocenters. The molecule has 0 spiro atoms. The van der Waals surface area contributed by atoms with E-state index in [9.17, 15) is 18.0 Å². The van der Waals surface area contributed by atoms with E-state index in [1.54, 1.807) is 36.4 Å². The Kier molecular flexibility index (Phi) is 5.96. The molecular weight excluding hydrogens is 382 g/mol. The molecule has 28 heavy (non-hydrogen) atoms. The van der Waals surface area contributed by atoms with Crippen molar-refractivity contribution in [1.82, 2.24) is 4.72 Å². The van der Waals surface area contributed by atoms with Gasteiger partial charge in [0.15, 0.2) is 0 Å². The Morgan fingerprint density at radius 2 is 1.96 bits per heavy atom. The fourth-order valence-corrected chi connectivity index (χ4v) is 3.95. The maximum atomic E-state index is 12.5. The molecule has 0 aliphatic carbocycles. The smallest absolute Gasteiger partial charge is 0.240 e. The number of rotatable bonds is 7. The molecule has 2 amide bonds. The quantitative estimate of drug-likeness (QED) is 0.653. The number of ether oxygens (including phenoxy) is 1. The highest BCUT2D eigenvalue weighted by atomic mass is 32.2. The minimum atomic E-state index is -3.76. The van der Waals surface area contributed by atoms with E-state index >= 15 is 0 Å². The van der Waals surface area contributed by atoms with Crippen LogP contribution in [-0.2, 0) is 26.0 Å². The maximum Gasteiger partial charge on any atom is 0.240 e.